The van der Waals surface area contributed by atoms with Gasteiger partial charge in [0.1, 0.15) is 0 Å². The minimum Gasteiger partial charge on any atom is -0.372 e. The Morgan fingerprint density at radius 1 is 1.15 bits per heavy atom. The second-order valence-corrected chi connectivity index (χ2v) is 7.93. The average molecular weight is 371 g/mol. The van der Waals surface area contributed by atoms with Crippen LogP contribution in [0.1, 0.15) is 31.2 Å². The molecule has 1 aromatic heterocycles. The standard InChI is InChI=1S/C20H26N4OS/c1-14-8-10-24(11-9-14)18-6-4-17(5-7-18)23-19(25)13-26-20-21-15(2)12-16(3)22-20/h4-7,12,14H,8-11,13H2,1-3H3,(H,23,25). The summed E-state index contributed by atoms with van der Waals surface area (Å²) in [5, 5.41) is 3.59. The summed E-state index contributed by atoms with van der Waals surface area (Å²) < 4.78 is 0. The van der Waals surface area contributed by atoms with E-state index in [9.17, 15) is 4.79 Å². The number of amides is 1. The van der Waals surface area contributed by atoms with Crippen LogP contribution in [0.4, 0.5) is 11.4 Å². The van der Waals surface area contributed by atoms with Crippen molar-refractivity contribution in [2.75, 3.05) is 29.1 Å². The molecule has 0 aliphatic carbocycles. The van der Waals surface area contributed by atoms with Crippen molar-refractivity contribution in [3.63, 3.8) is 0 Å². The van der Waals surface area contributed by atoms with Crippen molar-refractivity contribution in [2.45, 2.75) is 38.8 Å². The fraction of sp³-hybridized carbons (Fsp3) is 0.450. The number of rotatable bonds is 5. The van der Waals surface area contributed by atoms with E-state index in [1.54, 1.807) is 0 Å². The number of anilines is 2. The number of nitrogens with one attached hydrogen (secondary N) is 1. The van der Waals surface area contributed by atoms with Crippen LogP contribution in [0, 0.1) is 19.8 Å². The Balaban J connectivity index is 1.51. The van der Waals surface area contributed by atoms with Crippen LogP contribution in [0.25, 0.3) is 0 Å². The Labute approximate surface area is 159 Å². The molecule has 0 atom stereocenters. The molecule has 1 saturated heterocycles. The molecule has 5 nitrogen and oxygen atoms in total. The maximum Gasteiger partial charge on any atom is 0.234 e. The maximum absolute atomic E-state index is 12.2. The predicted octanol–water partition coefficient (Wildman–Crippen LogP) is 4.06. The first-order valence-corrected chi connectivity index (χ1v) is 10.1. The maximum atomic E-state index is 12.2. The Hall–Kier alpha value is -2.08. The molecule has 138 valence electrons. The minimum absolute atomic E-state index is 0.0442. The normalized spacial score (nSPS) is 15.1. The molecule has 1 N–H and O–H groups in total. The largest absolute Gasteiger partial charge is 0.372 e. The van der Waals surface area contributed by atoms with E-state index in [1.165, 1.54) is 30.3 Å². The molecule has 1 amide bonds. The van der Waals surface area contributed by atoms with Gasteiger partial charge in [0.15, 0.2) is 5.16 Å². The fourth-order valence-electron chi connectivity index (χ4n) is 3.11. The molecule has 0 saturated carbocycles. The van der Waals surface area contributed by atoms with Gasteiger partial charge in [-0.15, -0.1) is 0 Å². The lowest BCUT2D eigenvalue weighted by atomic mass is 9.99. The van der Waals surface area contributed by atoms with Gasteiger partial charge in [-0.05, 0) is 62.9 Å². The fourth-order valence-corrected chi connectivity index (χ4v) is 3.86. The average Bonchev–Trinajstić information content (AvgIpc) is 2.61. The first kappa shape index (κ1) is 18.7. The van der Waals surface area contributed by atoms with Gasteiger partial charge in [0.25, 0.3) is 0 Å². The van der Waals surface area contributed by atoms with Gasteiger partial charge in [0.2, 0.25) is 5.91 Å². The molecule has 26 heavy (non-hydrogen) atoms. The Morgan fingerprint density at radius 3 is 2.38 bits per heavy atom. The number of hydrogen-bond acceptors (Lipinski definition) is 5. The van der Waals surface area contributed by atoms with Crippen LogP contribution >= 0.6 is 11.8 Å². The van der Waals surface area contributed by atoms with Gasteiger partial charge >= 0.3 is 0 Å². The highest BCUT2D eigenvalue weighted by molar-refractivity contribution is 7.99. The molecule has 1 fully saturated rings. The first-order chi connectivity index (χ1) is 12.5. The highest BCUT2D eigenvalue weighted by Gasteiger charge is 2.16. The lowest BCUT2D eigenvalue weighted by Gasteiger charge is -2.32. The Bertz CT molecular complexity index is 735. The topological polar surface area (TPSA) is 58.1 Å². The molecule has 6 heteroatoms. The van der Waals surface area contributed by atoms with Crippen LogP contribution < -0.4 is 10.2 Å². The number of carbonyl (C=O) groups excluding carboxylic acids is 1. The summed E-state index contributed by atoms with van der Waals surface area (Å²) >= 11 is 1.36. The summed E-state index contributed by atoms with van der Waals surface area (Å²) in [6, 6.07) is 10.1. The molecule has 0 unspecified atom stereocenters. The van der Waals surface area contributed by atoms with Crippen LogP contribution in [0.5, 0.6) is 0 Å². The van der Waals surface area contributed by atoms with Crippen LogP contribution in [-0.4, -0.2) is 34.7 Å². The predicted molar refractivity (Wildman–Crippen MR) is 108 cm³/mol. The van der Waals surface area contributed by atoms with Crippen molar-refractivity contribution in [2.24, 2.45) is 5.92 Å². The number of piperidine rings is 1. The van der Waals surface area contributed by atoms with Crippen molar-refractivity contribution in [1.82, 2.24) is 9.97 Å². The van der Waals surface area contributed by atoms with Gasteiger partial charge < -0.3 is 10.2 Å². The van der Waals surface area contributed by atoms with E-state index < -0.39 is 0 Å². The Morgan fingerprint density at radius 2 is 1.77 bits per heavy atom. The molecular formula is C20H26N4OS. The van der Waals surface area contributed by atoms with E-state index in [4.69, 9.17) is 0 Å². The quantitative estimate of drug-likeness (QED) is 0.635. The molecule has 1 aliphatic rings. The number of thioether (sulfide) groups is 1. The summed E-state index contributed by atoms with van der Waals surface area (Å²) in [6.07, 6.45) is 2.49. The molecule has 2 aromatic rings. The lowest BCUT2D eigenvalue weighted by Crippen LogP contribution is -2.32. The van der Waals surface area contributed by atoms with Gasteiger partial charge in [-0.25, -0.2) is 9.97 Å². The molecule has 1 aromatic carbocycles. The summed E-state index contributed by atoms with van der Waals surface area (Å²) in [5.74, 6) is 1.08. The number of nitrogens with zero attached hydrogens (tertiary/aromatic N) is 3. The highest BCUT2D eigenvalue weighted by atomic mass is 32.2. The van der Waals surface area contributed by atoms with E-state index in [-0.39, 0.29) is 5.91 Å². The van der Waals surface area contributed by atoms with Gasteiger partial charge in [-0.1, -0.05) is 18.7 Å². The number of aromatic nitrogens is 2. The third-order valence-corrected chi connectivity index (χ3v) is 5.44. The first-order valence-electron chi connectivity index (χ1n) is 9.09. The molecule has 0 spiro atoms. The number of aryl methyl sites for hydroxylation is 2. The smallest absolute Gasteiger partial charge is 0.234 e. The van der Waals surface area contributed by atoms with Crippen LogP contribution in [0.2, 0.25) is 0 Å². The summed E-state index contributed by atoms with van der Waals surface area (Å²) in [7, 11) is 0. The minimum atomic E-state index is -0.0442. The molecule has 0 radical (unpaired) electrons. The van der Waals surface area contributed by atoms with Gasteiger partial charge in [0, 0.05) is 35.9 Å². The SMILES string of the molecule is Cc1cc(C)nc(SCC(=O)Nc2ccc(N3CCC(C)CC3)cc2)n1. The van der Waals surface area contributed by atoms with Crippen LogP contribution in [0.15, 0.2) is 35.5 Å². The summed E-state index contributed by atoms with van der Waals surface area (Å²) in [6.45, 7) is 8.41. The molecule has 1 aliphatic heterocycles. The van der Waals surface area contributed by atoms with Gasteiger partial charge in [0.05, 0.1) is 5.75 Å². The number of hydrogen-bond donors (Lipinski definition) is 1. The lowest BCUT2D eigenvalue weighted by molar-refractivity contribution is -0.113. The van der Waals surface area contributed by atoms with Crippen molar-refractivity contribution in [3.8, 4) is 0 Å². The van der Waals surface area contributed by atoms with Crippen molar-refractivity contribution in [1.29, 1.82) is 0 Å². The van der Waals surface area contributed by atoms with Crippen LogP contribution in [0.3, 0.4) is 0 Å². The van der Waals surface area contributed by atoms with E-state index in [1.807, 2.05) is 32.0 Å². The molecule has 0 bridgehead atoms. The molecule has 3 rings (SSSR count). The van der Waals surface area contributed by atoms with E-state index >= 15 is 0 Å². The van der Waals surface area contributed by atoms with E-state index in [0.29, 0.717) is 10.9 Å². The molecular weight excluding hydrogens is 344 g/mol. The zero-order valence-corrected chi connectivity index (χ0v) is 16.5. The van der Waals surface area contributed by atoms with Crippen molar-refractivity contribution < 1.29 is 4.79 Å². The highest BCUT2D eigenvalue weighted by Crippen LogP contribution is 2.24. The second kappa shape index (κ2) is 8.54. The van der Waals surface area contributed by atoms with Crippen LogP contribution in [-0.2, 0) is 4.79 Å². The van der Waals surface area contributed by atoms with Crippen molar-refractivity contribution >= 4 is 29.0 Å². The van der Waals surface area contributed by atoms with E-state index in [0.717, 1.165) is 36.1 Å². The zero-order chi connectivity index (χ0) is 18.5. The summed E-state index contributed by atoms with van der Waals surface area (Å²) in [5.41, 5.74) is 3.89. The zero-order valence-electron chi connectivity index (χ0n) is 15.7. The number of carbonyl (C=O) groups is 1. The van der Waals surface area contributed by atoms with Crippen molar-refractivity contribution in [3.05, 3.63) is 41.7 Å². The van der Waals surface area contributed by atoms with E-state index in [2.05, 4.69) is 39.2 Å². The van der Waals surface area contributed by atoms with Gasteiger partial charge in [-0.3, -0.25) is 4.79 Å². The third kappa shape index (κ3) is 5.21. The summed E-state index contributed by atoms with van der Waals surface area (Å²) in [4.78, 5) is 23.3. The number of benzene rings is 1. The van der Waals surface area contributed by atoms with Gasteiger partial charge in [-0.2, -0.15) is 0 Å². The Kier molecular flexibility index (Phi) is 6.14. The monoisotopic (exact) mass is 370 g/mol. The molecule has 2 heterocycles. The second-order valence-electron chi connectivity index (χ2n) is 6.99. The third-order valence-electron chi connectivity index (χ3n) is 4.59.